The SMILES string of the molecule is CC(C)/C(=C(/c1ccc(N2CCN(C(C)C)CC2)cc1)c1cc(O)cc(O)c1)c1ccccc1. The van der Waals surface area contributed by atoms with Gasteiger partial charge >= 0.3 is 0 Å². The normalized spacial score (nSPS) is 15.6. The van der Waals surface area contributed by atoms with E-state index in [0.717, 1.165) is 48.4 Å². The molecule has 1 heterocycles. The van der Waals surface area contributed by atoms with Gasteiger partial charge < -0.3 is 15.1 Å². The highest BCUT2D eigenvalue weighted by atomic mass is 16.3. The van der Waals surface area contributed by atoms with E-state index in [0.29, 0.717) is 6.04 Å². The van der Waals surface area contributed by atoms with Crippen LogP contribution in [0.15, 0.2) is 72.8 Å². The molecule has 0 unspecified atom stereocenters. The first-order chi connectivity index (χ1) is 16.3. The van der Waals surface area contributed by atoms with Crippen molar-refractivity contribution in [1.82, 2.24) is 4.90 Å². The molecule has 4 nitrogen and oxygen atoms in total. The third kappa shape index (κ3) is 5.28. The highest BCUT2D eigenvalue weighted by Crippen LogP contribution is 2.39. The zero-order chi connectivity index (χ0) is 24.2. The molecule has 1 aliphatic heterocycles. The maximum atomic E-state index is 10.3. The second-order valence-electron chi connectivity index (χ2n) is 9.71. The first-order valence-electron chi connectivity index (χ1n) is 12.3. The molecule has 0 amide bonds. The number of aromatic hydroxyl groups is 2. The van der Waals surface area contributed by atoms with E-state index in [9.17, 15) is 10.2 Å². The summed E-state index contributed by atoms with van der Waals surface area (Å²) in [4.78, 5) is 4.97. The summed E-state index contributed by atoms with van der Waals surface area (Å²) < 4.78 is 0. The standard InChI is InChI=1S/C30H36N2O2/c1-21(2)29(23-8-6-5-7-9-23)30(25-18-27(33)20-28(34)19-25)24-10-12-26(13-11-24)32-16-14-31(15-17-32)22(3)4/h5-13,18-22,33-34H,14-17H2,1-4H3/b30-29+. The van der Waals surface area contributed by atoms with Gasteiger partial charge in [-0.1, -0.05) is 56.3 Å². The number of hydrogen-bond donors (Lipinski definition) is 2. The highest BCUT2D eigenvalue weighted by Gasteiger charge is 2.21. The molecular weight excluding hydrogens is 420 g/mol. The topological polar surface area (TPSA) is 46.9 Å². The molecule has 4 rings (SSSR count). The van der Waals surface area contributed by atoms with E-state index in [1.165, 1.54) is 17.3 Å². The summed E-state index contributed by atoms with van der Waals surface area (Å²) in [5, 5.41) is 20.5. The zero-order valence-electron chi connectivity index (χ0n) is 20.7. The van der Waals surface area contributed by atoms with Crippen LogP contribution in [0.25, 0.3) is 11.1 Å². The monoisotopic (exact) mass is 456 g/mol. The quantitative estimate of drug-likeness (QED) is 0.431. The lowest BCUT2D eigenvalue weighted by Crippen LogP contribution is -2.48. The van der Waals surface area contributed by atoms with Gasteiger partial charge in [0, 0.05) is 44.0 Å². The molecule has 0 radical (unpaired) electrons. The van der Waals surface area contributed by atoms with E-state index in [2.05, 4.69) is 86.0 Å². The second kappa shape index (κ2) is 10.4. The third-order valence-corrected chi connectivity index (χ3v) is 6.69. The van der Waals surface area contributed by atoms with Crippen LogP contribution in [0.4, 0.5) is 5.69 Å². The minimum Gasteiger partial charge on any atom is -0.508 e. The molecule has 0 atom stereocenters. The summed E-state index contributed by atoms with van der Waals surface area (Å²) in [6.45, 7) is 13.1. The smallest absolute Gasteiger partial charge is 0.119 e. The molecule has 1 fully saturated rings. The largest absolute Gasteiger partial charge is 0.508 e. The molecule has 0 saturated carbocycles. The van der Waals surface area contributed by atoms with Crippen molar-refractivity contribution in [3.8, 4) is 11.5 Å². The lowest BCUT2D eigenvalue weighted by molar-refractivity contribution is 0.209. The van der Waals surface area contributed by atoms with E-state index < -0.39 is 0 Å². The van der Waals surface area contributed by atoms with Crippen LogP contribution < -0.4 is 4.90 Å². The lowest BCUT2D eigenvalue weighted by atomic mass is 9.84. The summed E-state index contributed by atoms with van der Waals surface area (Å²) in [6.07, 6.45) is 0. The number of phenolic OH excluding ortho intramolecular Hbond substituents is 2. The van der Waals surface area contributed by atoms with E-state index in [1.807, 2.05) is 6.07 Å². The average molecular weight is 457 g/mol. The van der Waals surface area contributed by atoms with E-state index in [1.54, 1.807) is 12.1 Å². The maximum absolute atomic E-state index is 10.3. The van der Waals surface area contributed by atoms with Gasteiger partial charge in [0.25, 0.3) is 0 Å². The van der Waals surface area contributed by atoms with Gasteiger partial charge in [0.05, 0.1) is 0 Å². The fourth-order valence-electron chi connectivity index (χ4n) is 4.94. The summed E-state index contributed by atoms with van der Waals surface area (Å²) in [5.41, 5.74) is 6.47. The van der Waals surface area contributed by atoms with Crippen molar-refractivity contribution in [2.24, 2.45) is 5.92 Å². The van der Waals surface area contributed by atoms with Gasteiger partial charge in [-0.05, 0) is 71.9 Å². The molecule has 0 bridgehead atoms. The molecule has 0 aliphatic carbocycles. The highest BCUT2D eigenvalue weighted by molar-refractivity contribution is 5.99. The van der Waals surface area contributed by atoms with Crippen LogP contribution in [-0.2, 0) is 0 Å². The number of hydrogen-bond acceptors (Lipinski definition) is 4. The second-order valence-corrected chi connectivity index (χ2v) is 9.71. The van der Waals surface area contributed by atoms with Crippen molar-refractivity contribution in [2.75, 3.05) is 31.1 Å². The number of rotatable bonds is 6. The van der Waals surface area contributed by atoms with Gasteiger partial charge in [-0.3, -0.25) is 4.90 Å². The Labute approximate surface area is 203 Å². The molecule has 0 aromatic heterocycles. The Hall–Kier alpha value is -3.24. The predicted molar refractivity (Wildman–Crippen MR) is 142 cm³/mol. The van der Waals surface area contributed by atoms with Crippen LogP contribution in [0, 0.1) is 5.92 Å². The van der Waals surface area contributed by atoms with Crippen molar-refractivity contribution in [1.29, 1.82) is 0 Å². The minimum absolute atomic E-state index is 0.0586. The van der Waals surface area contributed by atoms with Gasteiger partial charge in [-0.15, -0.1) is 0 Å². The third-order valence-electron chi connectivity index (χ3n) is 6.69. The van der Waals surface area contributed by atoms with Crippen LogP contribution >= 0.6 is 0 Å². The van der Waals surface area contributed by atoms with Crippen LogP contribution in [0.5, 0.6) is 11.5 Å². The Morgan fingerprint density at radius 3 is 1.79 bits per heavy atom. The molecule has 3 aromatic carbocycles. The van der Waals surface area contributed by atoms with Crippen molar-refractivity contribution >= 4 is 16.8 Å². The number of anilines is 1. The molecule has 34 heavy (non-hydrogen) atoms. The Bertz CT molecular complexity index is 1110. The summed E-state index contributed by atoms with van der Waals surface area (Å²) in [6, 6.07) is 24.6. The Kier molecular flexibility index (Phi) is 7.28. The van der Waals surface area contributed by atoms with Crippen molar-refractivity contribution < 1.29 is 10.2 Å². The average Bonchev–Trinajstić information content (AvgIpc) is 2.82. The molecule has 2 N–H and O–H groups in total. The maximum Gasteiger partial charge on any atom is 0.119 e. The zero-order valence-corrected chi connectivity index (χ0v) is 20.7. The van der Waals surface area contributed by atoms with E-state index >= 15 is 0 Å². The summed E-state index contributed by atoms with van der Waals surface area (Å²) in [7, 11) is 0. The number of phenols is 2. The first kappa shape index (κ1) is 23.9. The Balaban J connectivity index is 1.77. The fourth-order valence-corrected chi connectivity index (χ4v) is 4.94. The van der Waals surface area contributed by atoms with Gasteiger partial charge in [-0.2, -0.15) is 0 Å². The molecule has 0 spiro atoms. The van der Waals surface area contributed by atoms with Crippen molar-refractivity contribution in [3.05, 3.63) is 89.5 Å². The van der Waals surface area contributed by atoms with Gasteiger partial charge in [0.2, 0.25) is 0 Å². The molecule has 1 aliphatic rings. The molecule has 178 valence electrons. The summed E-state index contributed by atoms with van der Waals surface area (Å²) >= 11 is 0. The van der Waals surface area contributed by atoms with E-state index in [4.69, 9.17) is 0 Å². The minimum atomic E-state index is 0.0586. The van der Waals surface area contributed by atoms with Crippen LogP contribution in [-0.4, -0.2) is 47.3 Å². The fraction of sp³-hybridized carbons (Fsp3) is 0.333. The first-order valence-corrected chi connectivity index (χ1v) is 12.3. The number of allylic oxidation sites excluding steroid dienone is 1. The van der Waals surface area contributed by atoms with Gasteiger partial charge in [0.15, 0.2) is 0 Å². The van der Waals surface area contributed by atoms with Crippen molar-refractivity contribution in [2.45, 2.75) is 33.7 Å². The summed E-state index contributed by atoms with van der Waals surface area (Å²) in [5.74, 6) is 0.359. The molecule has 4 heteroatoms. The van der Waals surface area contributed by atoms with Gasteiger partial charge in [-0.25, -0.2) is 0 Å². The molecule has 1 saturated heterocycles. The predicted octanol–water partition coefficient (Wildman–Crippen LogP) is 6.24. The van der Waals surface area contributed by atoms with Crippen LogP contribution in [0.1, 0.15) is 44.4 Å². The van der Waals surface area contributed by atoms with Gasteiger partial charge in [0.1, 0.15) is 11.5 Å². The van der Waals surface area contributed by atoms with Crippen molar-refractivity contribution in [3.63, 3.8) is 0 Å². The molecule has 3 aromatic rings. The van der Waals surface area contributed by atoms with E-state index in [-0.39, 0.29) is 17.4 Å². The Morgan fingerprint density at radius 1 is 0.676 bits per heavy atom. The number of piperazine rings is 1. The molecular formula is C30H36N2O2. The number of nitrogens with zero attached hydrogens (tertiary/aromatic N) is 2. The lowest BCUT2D eigenvalue weighted by Gasteiger charge is -2.38. The van der Waals surface area contributed by atoms with Crippen LogP contribution in [0.2, 0.25) is 0 Å². The Morgan fingerprint density at radius 2 is 1.26 bits per heavy atom. The van der Waals surface area contributed by atoms with Crippen LogP contribution in [0.3, 0.4) is 0 Å². The number of benzene rings is 3.